The molecule has 1 saturated heterocycles. The van der Waals surface area contributed by atoms with Crippen LogP contribution in [0.3, 0.4) is 0 Å². The van der Waals surface area contributed by atoms with Crippen molar-refractivity contribution in [1.29, 1.82) is 0 Å². The zero-order valence-electron chi connectivity index (χ0n) is 20.1. The number of hydrogen-bond acceptors (Lipinski definition) is 5. The number of piperidine rings is 1. The van der Waals surface area contributed by atoms with E-state index in [1.54, 1.807) is 14.2 Å². The number of nitrogens with zero attached hydrogens (tertiary/aromatic N) is 2. The molecule has 1 aromatic rings. The maximum atomic E-state index is 6.25. The van der Waals surface area contributed by atoms with Gasteiger partial charge in [-0.2, -0.15) is 0 Å². The minimum Gasteiger partial charge on any atom is -0.493 e. The highest BCUT2D eigenvalue weighted by atomic mass is 16.5. The molecule has 7 heteroatoms. The molecule has 0 amide bonds. The van der Waals surface area contributed by atoms with Crippen LogP contribution in [0.25, 0.3) is 0 Å². The van der Waals surface area contributed by atoms with Crippen molar-refractivity contribution >= 4 is 5.96 Å². The smallest absolute Gasteiger partial charge is 0.194 e. The fraction of sp³-hybridized carbons (Fsp3) is 0.720. The Morgan fingerprint density at radius 1 is 1.03 bits per heavy atom. The Morgan fingerprint density at radius 2 is 1.81 bits per heavy atom. The second-order valence-corrected chi connectivity index (χ2v) is 8.58. The van der Waals surface area contributed by atoms with E-state index in [1.165, 1.54) is 12.8 Å². The lowest BCUT2D eigenvalue weighted by Gasteiger charge is -2.34. The molecule has 2 aliphatic rings. The second-order valence-electron chi connectivity index (χ2n) is 8.58. The number of ether oxygens (including phenoxy) is 4. The number of guanidine groups is 1. The summed E-state index contributed by atoms with van der Waals surface area (Å²) >= 11 is 0. The highest BCUT2D eigenvalue weighted by Crippen LogP contribution is 2.32. The van der Waals surface area contributed by atoms with E-state index in [1.807, 2.05) is 6.07 Å². The summed E-state index contributed by atoms with van der Waals surface area (Å²) in [4.78, 5) is 7.27. The zero-order valence-corrected chi connectivity index (χ0v) is 20.1. The van der Waals surface area contributed by atoms with Crippen LogP contribution >= 0.6 is 0 Å². The molecule has 1 aliphatic carbocycles. The summed E-state index contributed by atoms with van der Waals surface area (Å²) in [5.74, 6) is 2.60. The van der Waals surface area contributed by atoms with Crippen molar-refractivity contribution in [3.8, 4) is 11.5 Å². The number of rotatable bonds is 11. The van der Waals surface area contributed by atoms with E-state index in [2.05, 4.69) is 29.3 Å². The van der Waals surface area contributed by atoms with Crippen LogP contribution in [0, 0.1) is 0 Å². The summed E-state index contributed by atoms with van der Waals surface area (Å²) in [7, 11) is 3.43. The van der Waals surface area contributed by atoms with Crippen LogP contribution in [0.1, 0.15) is 57.4 Å². The van der Waals surface area contributed by atoms with E-state index in [0.29, 0.717) is 18.8 Å². The topological polar surface area (TPSA) is 64.6 Å². The molecule has 0 unspecified atom stereocenters. The Labute approximate surface area is 193 Å². The van der Waals surface area contributed by atoms with Crippen molar-refractivity contribution in [2.45, 2.75) is 70.6 Å². The summed E-state index contributed by atoms with van der Waals surface area (Å²) in [6.45, 7) is 7.02. The number of benzene rings is 1. The van der Waals surface area contributed by atoms with Gasteiger partial charge in [-0.05, 0) is 69.6 Å². The molecule has 0 aromatic heterocycles. The van der Waals surface area contributed by atoms with Crippen molar-refractivity contribution in [3.63, 3.8) is 0 Å². The lowest BCUT2D eigenvalue weighted by Crippen LogP contribution is -2.47. The van der Waals surface area contributed by atoms with Gasteiger partial charge in [0.25, 0.3) is 0 Å². The van der Waals surface area contributed by atoms with Gasteiger partial charge < -0.3 is 29.2 Å². The molecule has 1 heterocycles. The molecule has 0 radical (unpaired) electrons. The van der Waals surface area contributed by atoms with Gasteiger partial charge in [-0.1, -0.05) is 6.07 Å². The number of likely N-dealkylation sites (tertiary alicyclic amines) is 1. The predicted molar refractivity (Wildman–Crippen MR) is 128 cm³/mol. The van der Waals surface area contributed by atoms with Gasteiger partial charge in [-0.15, -0.1) is 0 Å². The summed E-state index contributed by atoms with van der Waals surface area (Å²) in [5, 5.41) is 3.46. The molecule has 0 spiro atoms. The first-order valence-electron chi connectivity index (χ1n) is 12.2. The molecular weight excluding hydrogens is 406 g/mol. The normalized spacial score (nSPS) is 18.2. The lowest BCUT2D eigenvalue weighted by molar-refractivity contribution is 0.00990. The van der Waals surface area contributed by atoms with Crippen LogP contribution in [0.5, 0.6) is 11.5 Å². The molecule has 1 aliphatic heterocycles. The molecule has 32 heavy (non-hydrogen) atoms. The average Bonchev–Trinajstić information content (AvgIpc) is 3.33. The molecule has 3 rings (SSSR count). The Morgan fingerprint density at radius 3 is 2.50 bits per heavy atom. The molecule has 0 bridgehead atoms. The lowest BCUT2D eigenvalue weighted by atomic mass is 10.1. The van der Waals surface area contributed by atoms with Crippen molar-refractivity contribution in [1.82, 2.24) is 10.2 Å². The number of methoxy groups -OCH3 is 2. The third-order valence-corrected chi connectivity index (χ3v) is 6.16. The van der Waals surface area contributed by atoms with E-state index >= 15 is 0 Å². The van der Waals surface area contributed by atoms with Crippen LogP contribution in [0.2, 0.25) is 0 Å². The average molecular weight is 448 g/mol. The van der Waals surface area contributed by atoms with Crippen molar-refractivity contribution in [2.75, 3.05) is 47.1 Å². The van der Waals surface area contributed by atoms with Gasteiger partial charge in [0.05, 0.1) is 25.9 Å². The van der Waals surface area contributed by atoms with Crippen LogP contribution < -0.4 is 14.8 Å². The quantitative estimate of drug-likeness (QED) is 0.314. The number of nitrogens with one attached hydrogen (secondary N) is 1. The first kappa shape index (κ1) is 24.6. The molecule has 1 N–H and O–H groups in total. The van der Waals surface area contributed by atoms with Gasteiger partial charge in [-0.25, -0.2) is 4.99 Å². The van der Waals surface area contributed by atoms with Gasteiger partial charge in [0, 0.05) is 40.0 Å². The summed E-state index contributed by atoms with van der Waals surface area (Å²) in [6.07, 6.45) is 8.40. The van der Waals surface area contributed by atoms with Gasteiger partial charge in [0.15, 0.2) is 17.5 Å². The Hall–Kier alpha value is -1.99. The van der Waals surface area contributed by atoms with Crippen LogP contribution in [0.4, 0.5) is 0 Å². The van der Waals surface area contributed by atoms with Crippen LogP contribution in [-0.2, 0) is 16.0 Å². The Bertz CT molecular complexity index is 698. The largest absolute Gasteiger partial charge is 0.493 e. The highest BCUT2D eigenvalue weighted by Gasteiger charge is 2.22. The SMILES string of the molecule is CCNC(=NCc1ccc(OC)c(OC2CCCC2)c1)N1CCC(OCCCOC)CC1. The second kappa shape index (κ2) is 13.5. The predicted octanol–water partition coefficient (Wildman–Crippen LogP) is 4.00. The summed E-state index contributed by atoms with van der Waals surface area (Å²) in [5.41, 5.74) is 1.13. The molecule has 7 nitrogen and oxygen atoms in total. The molecule has 2 fully saturated rings. The standard InChI is InChI=1S/C25H41N3O4/c1-4-26-25(28-14-12-21(13-15-28)31-17-7-16-29-2)27-19-20-10-11-23(30-3)24(18-20)32-22-8-5-6-9-22/h10-11,18,21-22H,4-9,12-17,19H2,1-3H3,(H,26,27). The third-order valence-electron chi connectivity index (χ3n) is 6.16. The molecule has 1 saturated carbocycles. The summed E-state index contributed by atoms with van der Waals surface area (Å²) < 4.78 is 22.9. The minimum atomic E-state index is 0.304. The molecule has 0 atom stereocenters. The van der Waals surface area contributed by atoms with E-state index in [9.17, 15) is 0 Å². The number of hydrogen-bond donors (Lipinski definition) is 1. The molecule has 1 aromatic carbocycles. The van der Waals surface area contributed by atoms with Gasteiger partial charge in [0.2, 0.25) is 0 Å². The van der Waals surface area contributed by atoms with Gasteiger partial charge in [0.1, 0.15) is 0 Å². The maximum absolute atomic E-state index is 6.25. The van der Waals surface area contributed by atoms with Crippen LogP contribution in [0.15, 0.2) is 23.2 Å². The third kappa shape index (κ3) is 7.55. The van der Waals surface area contributed by atoms with Gasteiger partial charge in [-0.3, -0.25) is 0 Å². The first-order chi connectivity index (χ1) is 15.7. The fourth-order valence-corrected chi connectivity index (χ4v) is 4.38. The Kier molecular flexibility index (Phi) is 10.4. The molecule has 180 valence electrons. The first-order valence-corrected chi connectivity index (χ1v) is 12.2. The van der Waals surface area contributed by atoms with E-state index in [4.69, 9.17) is 23.9 Å². The zero-order chi connectivity index (χ0) is 22.6. The molecular formula is C25H41N3O4. The minimum absolute atomic E-state index is 0.304. The highest BCUT2D eigenvalue weighted by molar-refractivity contribution is 5.80. The van der Waals surface area contributed by atoms with E-state index in [0.717, 1.165) is 88.0 Å². The van der Waals surface area contributed by atoms with Crippen molar-refractivity contribution in [3.05, 3.63) is 23.8 Å². The van der Waals surface area contributed by atoms with Crippen molar-refractivity contribution < 1.29 is 18.9 Å². The number of aliphatic imine (C=N–C) groups is 1. The summed E-state index contributed by atoms with van der Waals surface area (Å²) in [6, 6.07) is 6.16. The van der Waals surface area contributed by atoms with Crippen molar-refractivity contribution in [2.24, 2.45) is 4.99 Å². The fourth-order valence-electron chi connectivity index (χ4n) is 4.38. The van der Waals surface area contributed by atoms with E-state index < -0.39 is 0 Å². The Balaban J connectivity index is 1.56. The maximum Gasteiger partial charge on any atom is 0.194 e. The van der Waals surface area contributed by atoms with Gasteiger partial charge >= 0.3 is 0 Å². The van der Waals surface area contributed by atoms with E-state index in [-0.39, 0.29) is 0 Å². The van der Waals surface area contributed by atoms with Crippen LogP contribution in [-0.4, -0.2) is 70.1 Å². The monoisotopic (exact) mass is 447 g/mol.